The van der Waals surface area contributed by atoms with E-state index in [0.717, 1.165) is 39.0 Å². The average molecular weight is 400 g/mol. The van der Waals surface area contributed by atoms with Gasteiger partial charge in [-0.15, -0.1) is 10.2 Å². The molecule has 4 heterocycles. The monoisotopic (exact) mass is 400 g/mol. The topological polar surface area (TPSA) is 105 Å². The van der Waals surface area contributed by atoms with Crippen LogP contribution >= 0.6 is 0 Å². The maximum Gasteiger partial charge on any atom is 0.253 e. The highest BCUT2D eigenvalue weighted by Crippen LogP contribution is 2.40. The molecule has 0 unspecified atom stereocenters. The number of hydrogen-bond donors (Lipinski definition) is 2. The zero-order valence-corrected chi connectivity index (χ0v) is 16.7. The summed E-state index contributed by atoms with van der Waals surface area (Å²) in [5.74, 6) is -0.219. The molecule has 29 heavy (non-hydrogen) atoms. The molecule has 9 nitrogen and oxygen atoms in total. The molecule has 9 heteroatoms. The summed E-state index contributed by atoms with van der Waals surface area (Å²) < 4.78 is 8.09. The number of rotatable bonds is 5. The Bertz CT molecular complexity index is 807. The zero-order chi connectivity index (χ0) is 20.3. The molecule has 2 aromatic heterocycles. The van der Waals surface area contributed by atoms with Crippen LogP contribution in [0.5, 0.6) is 0 Å². The third kappa shape index (κ3) is 4.17. The summed E-state index contributed by atoms with van der Waals surface area (Å²) in [5, 5.41) is 22.0. The van der Waals surface area contributed by atoms with E-state index < -0.39 is 17.2 Å². The van der Waals surface area contributed by atoms with Crippen molar-refractivity contribution in [1.82, 2.24) is 30.0 Å². The lowest BCUT2D eigenvalue weighted by molar-refractivity contribution is -0.205. The molecule has 0 aromatic carbocycles. The minimum atomic E-state index is -0.774. The molecule has 0 bridgehead atoms. The highest BCUT2D eigenvalue weighted by molar-refractivity contribution is 5.94. The van der Waals surface area contributed by atoms with Crippen LogP contribution in [0.4, 0.5) is 0 Å². The summed E-state index contributed by atoms with van der Waals surface area (Å²) in [6.45, 7) is 5.84. The molecule has 2 saturated heterocycles. The number of aliphatic hydroxyl groups is 1. The van der Waals surface area contributed by atoms with Gasteiger partial charge in [0.1, 0.15) is 18.8 Å². The first-order valence-corrected chi connectivity index (χ1v) is 10.1. The second-order valence-corrected chi connectivity index (χ2v) is 8.22. The maximum absolute atomic E-state index is 12.7. The highest BCUT2D eigenvalue weighted by Gasteiger charge is 2.53. The smallest absolute Gasteiger partial charge is 0.253 e. The van der Waals surface area contributed by atoms with E-state index in [2.05, 4.69) is 25.4 Å². The van der Waals surface area contributed by atoms with E-state index in [1.165, 1.54) is 6.20 Å². The predicted molar refractivity (Wildman–Crippen MR) is 105 cm³/mol. The Balaban J connectivity index is 1.38. The predicted octanol–water partition coefficient (Wildman–Crippen LogP) is 0.478. The minimum Gasteiger partial charge on any atom is -0.388 e. The van der Waals surface area contributed by atoms with Gasteiger partial charge in [-0.25, -0.2) is 0 Å². The summed E-state index contributed by atoms with van der Waals surface area (Å²) >= 11 is 0. The fourth-order valence-electron chi connectivity index (χ4n) is 4.39. The molecule has 2 N–H and O–H groups in total. The molecule has 2 atom stereocenters. The van der Waals surface area contributed by atoms with E-state index in [1.807, 2.05) is 11.5 Å². The molecule has 4 rings (SSSR count). The molecule has 2 aliphatic rings. The third-order valence-corrected chi connectivity index (χ3v) is 6.28. The molecule has 2 fully saturated rings. The lowest BCUT2D eigenvalue weighted by Gasteiger charge is -2.53. The Morgan fingerprint density at radius 1 is 1.28 bits per heavy atom. The molecule has 1 amide bonds. The van der Waals surface area contributed by atoms with Gasteiger partial charge in [0.25, 0.3) is 5.91 Å². The SMILES string of the molecule is C[C@@]1(NC(=O)c2cccnc2)CCOC2(CCN(CCn3cnnc3)CC2)[C@H]1O. The fourth-order valence-corrected chi connectivity index (χ4v) is 4.39. The first-order chi connectivity index (χ1) is 14.0. The number of likely N-dealkylation sites (tertiary alicyclic amines) is 1. The first kappa shape index (κ1) is 19.9. The molecule has 2 aromatic rings. The van der Waals surface area contributed by atoms with E-state index in [1.54, 1.807) is 31.0 Å². The number of nitrogens with one attached hydrogen (secondary N) is 1. The van der Waals surface area contributed by atoms with Gasteiger partial charge in [-0.05, 0) is 38.3 Å². The summed E-state index contributed by atoms with van der Waals surface area (Å²) in [6, 6.07) is 3.45. The molecule has 1 spiro atoms. The maximum atomic E-state index is 12.7. The van der Waals surface area contributed by atoms with Crippen molar-refractivity contribution >= 4 is 5.91 Å². The molecular formula is C20H28N6O3. The average Bonchev–Trinajstić information content (AvgIpc) is 3.26. The van der Waals surface area contributed by atoms with Crippen LogP contribution in [0.25, 0.3) is 0 Å². The second kappa shape index (κ2) is 8.17. The quantitative estimate of drug-likeness (QED) is 0.752. The van der Waals surface area contributed by atoms with E-state index in [4.69, 9.17) is 4.74 Å². The van der Waals surface area contributed by atoms with Gasteiger partial charge in [0.2, 0.25) is 0 Å². The van der Waals surface area contributed by atoms with Gasteiger partial charge in [-0.3, -0.25) is 9.78 Å². The number of pyridine rings is 1. The number of nitrogens with zero attached hydrogens (tertiary/aromatic N) is 5. The number of hydrogen-bond acceptors (Lipinski definition) is 7. The van der Waals surface area contributed by atoms with Crippen LogP contribution in [0.3, 0.4) is 0 Å². The van der Waals surface area contributed by atoms with E-state index in [-0.39, 0.29) is 5.91 Å². The minimum absolute atomic E-state index is 0.219. The number of aromatic nitrogens is 4. The van der Waals surface area contributed by atoms with Crippen LogP contribution in [0, 0.1) is 0 Å². The van der Waals surface area contributed by atoms with Crippen LogP contribution < -0.4 is 5.32 Å². The Labute approximate surface area is 170 Å². The van der Waals surface area contributed by atoms with Crippen molar-refractivity contribution in [2.24, 2.45) is 0 Å². The highest BCUT2D eigenvalue weighted by atomic mass is 16.5. The normalized spacial score (nSPS) is 27.0. The van der Waals surface area contributed by atoms with Gasteiger partial charge in [-0.2, -0.15) is 0 Å². The van der Waals surface area contributed by atoms with Crippen LogP contribution in [0.2, 0.25) is 0 Å². The molecular weight excluding hydrogens is 372 g/mol. The largest absolute Gasteiger partial charge is 0.388 e. The van der Waals surface area contributed by atoms with Crippen LogP contribution in [-0.2, 0) is 11.3 Å². The van der Waals surface area contributed by atoms with Gasteiger partial charge < -0.3 is 24.6 Å². The van der Waals surface area contributed by atoms with Crippen molar-refractivity contribution in [3.8, 4) is 0 Å². The first-order valence-electron chi connectivity index (χ1n) is 10.1. The van der Waals surface area contributed by atoms with Crippen molar-refractivity contribution in [1.29, 1.82) is 0 Å². The second-order valence-electron chi connectivity index (χ2n) is 8.22. The molecule has 0 saturated carbocycles. The standard InChI is InChI=1S/C20H28N6O3/c1-19(24-17(27)16-3-2-7-21-13-16)6-12-29-20(18(19)28)4-8-25(9-5-20)10-11-26-14-22-23-15-26/h2-3,7,13-15,18,28H,4-6,8-12H2,1H3,(H,24,27)/t18-,19+/m0/s1. The molecule has 156 valence electrons. The molecule has 0 aliphatic carbocycles. The van der Waals surface area contributed by atoms with Gasteiger partial charge in [0.05, 0.1) is 16.7 Å². The number of amides is 1. The Kier molecular flexibility index (Phi) is 5.62. The summed E-state index contributed by atoms with van der Waals surface area (Å²) in [6.07, 6.45) is 7.86. The number of piperidine rings is 1. The van der Waals surface area contributed by atoms with Gasteiger partial charge in [0.15, 0.2) is 0 Å². The molecule has 0 radical (unpaired) electrons. The van der Waals surface area contributed by atoms with Crippen LogP contribution in [0.15, 0.2) is 37.2 Å². The fraction of sp³-hybridized carbons (Fsp3) is 0.600. The summed E-state index contributed by atoms with van der Waals surface area (Å²) in [7, 11) is 0. The van der Waals surface area contributed by atoms with Crippen LogP contribution in [0.1, 0.15) is 36.5 Å². The molecule has 2 aliphatic heterocycles. The summed E-state index contributed by atoms with van der Waals surface area (Å²) in [4.78, 5) is 19.0. The van der Waals surface area contributed by atoms with Gasteiger partial charge >= 0.3 is 0 Å². The van der Waals surface area contributed by atoms with Gasteiger partial charge in [0, 0.05) is 45.2 Å². The van der Waals surface area contributed by atoms with Crippen molar-refractivity contribution in [3.63, 3.8) is 0 Å². The third-order valence-electron chi connectivity index (χ3n) is 6.28. The van der Waals surface area contributed by atoms with E-state index in [0.29, 0.717) is 18.6 Å². The van der Waals surface area contributed by atoms with Gasteiger partial charge in [-0.1, -0.05) is 0 Å². The number of carbonyl (C=O) groups is 1. The lowest BCUT2D eigenvalue weighted by atomic mass is 9.73. The summed E-state index contributed by atoms with van der Waals surface area (Å²) in [5.41, 5.74) is -0.872. The Morgan fingerprint density at radius 3 is 2.72 bits per heavy atom. The van der Waals surface area contributed by atoms with Crippen molar-refractivity contribution in [3.05, 3.63) is 42.7 Å². The van der Waals surface area contributed by atoms with Crippen molar-refractivity contribution in [2.75, 3.05) is 26.2 Å². The van der Waals surface area contributed by atoms with Crippen LogP contribution in [-0.4, -0.2) is 79.1 Å². The Morgan fingerprint density at radius 2 is 2.03 bits per heavy atom. The number of ether oxygens (including phenoxy) is 1. The van der Waals surface area contributed by atoms with E-state index >= 15 is 0 Å². The van der Waals surface area contributed by atoms with Crippen molar-refractivity contribution < 1.29 is 14.6 Å². The number of carbonyl (C=O) groups excluding carboxylic acids is 1. The lowest BCUT2D eigenvalue weighted by Crippen LogP contribution is -2.69. The van der Waals surface area contributed by atoms with Crippen molar-refractivity contribution in [2.45, 2.75) is 50.0 Å². The zero-order valence-electron chi connectivity index (χ0n) is 16.7. The Hall–Kier alpha value is -2.36. The number of aliphatic hydroxyl groups excluding tert-OH is 1. The van der Waals surface area contributed by atoms with E-state index in [9.17, 15) is 9.90 Å².